The summed E-state index contributed by atoms with van der Waals surface area (Å²) in [5.74, 6) is -0.397. The second-order valence-corrected chi connectivity index (χ2v) is 7.02. The van der Waals surface area contributed by atoms with Crippen LogP contribution in [0, 0.1) is 18.6 Å². The molecule has 4 aromatic rings. The molecule has 0 saturated heterocycles. The number of aromatic nitrogens is 6. The van der Waals surface area contributed by atoms with Crippen LogP contribution in [0.15, 0.2) is 30.5 Å². The molecule has 0 amide bonds. The first kappa shape index (κ1) is 16.8. The number of benzene rings is 1. The average Bonchev–Trinajstić information content (AvgIpc) is 3.31. The normalized spacial score (nSPS) is 14.1. The van der Waals surface area contributed by atoms with E-state index in [2.05, 4.69) is 20.2 Å². The van der Waals surface area contributed by atoms with Crippen LogP contribution >= 0.6 is 0 Å². The Morgan fingerprint density at radius 3 is 2.50 bits per heavy atom. The Hall–Kier alpha value is -3.36. The molecule has 9 heteroatoms. The SMILES string of the molecule is Cc1ccn(-c2nc(N)nc3c2c(C2CC2)nn3Cc2c(F)cccc2F)n1. The molecule has 1 fully saturated rings. The fourth-order valence-corrected chi connectivity index (χ4v) is 3.38. The minimum Gasteiger partial charge on any atom is -0.368 e. The van der Waals surface area contributed by atoms with Gasteiger partial charge in [0.2, 0.25) is 5.95 Å². The van der Waals surface area contributed by atoms with Gasteiger partial charge in [0, 0.05) is 17.7 Å². The highest BCUT2D eigenvalue weighted by Gasteiger charge is 2.32. The summed E-state index contributed by atoms with van der Waals surface area (Å²) in [6, 6.07) is 5.66. The lowest BCUT2D eigenvalue weighted by Gasteiger charge is -2.07. The Balaban J connectivity index is 1.74. The third-order valence-electron chi connectivity index (χ3n) is 4.89. The molecule has 2 N–H and O–H groups in total. The van der Waals surface area contributed by atoms with Gasteiger partial charge in [-0.2, -0.15) is 20.2 Å². The van der Waals surface area contributed by atoms with Crippen LogP contribution in [-0.4, -0.2) is 29.5 Å². The summed E-state index contributed by atoms with van der Waals surface area (Å²) in [5.41, 5.74) is 7.96. The van der Waals surface area contributed by atoms with Gasteiger partial charge in [0.25, 0.3) is 0 Å². The van der Waals surface area contributed by atoms with E-state index in [-0.39, 0.29) is 24.0 Å². The maximum atomic E-state index is 14.2. The lowest BCUT2D eigenvalue weighted by molar-refractivity contribution is 0.534. The van der Waals surface area contributed by atoms with Gasteiger partial charge in [-0.15, -0.1) is 0 Å². The zero-order chi connectivity index (χ0) is 19.4. The highest BCUT2D eigenvalue weighted by Crippen LogP contribution is 2.43. The molecule has 1 aromatic carbocycles. The van der Waals surface area contributed by atoms with E-state index in [1.54, 1.807) is 10.9 Å². The number of nitrogens with two attached hydrogens (primary N) is 1. The van der Waals surface area contributed by atoms with E-state index in [9.17, 15) is 8.78 Å². The van der Waals surface area contributed by atoms with E-state index in [4.69, 9.17) is 5.73 Å². The number of nitrogen functional groups attached to an aromatic ring is 1. The molecular formula is C19H17F2N7. The van der Waals surface area contributed by atoms with Crippen LogP contribution in [0.3, 0.4) is 0 Å². The minimum atomic E-state index is -0.624. The molecule has 0 spiro atoms. The third-order valence-corrected chi connectivity index (χ3v) is 4.89. The summed E-state index contributed by atoms with van der Waals surface area (Å²) in [6.07, 6.45) is 3.80. The molecule has 7 nitrogen and oxygen atoms in total. The number of nitrogens with zero attached hydrogens (tertiary/aromatic N) is 6. The fourth-order valence-electron chi connectivity index (χ4n) is 3.38. The molecule has 142 valence electrons. The first-order valence-corrected chi connectivity index (χ1v) is 9.00. The van der Waals surface area contributed by atoms with E-state index in [0.717, 1.165) is 29.6 Å². The van der Waals surface area contributed by atoms with Crippen molar-refractivity contribution >= 4 is 17.0 Å². The highest BCUT2D eigenvalue weighted by molar-refractivity contribution is 5.87. The molecule has 0 atom stereocenters. The van der Waals surface area contributed by atoms with Gasteiger partial charge in [-0.05, 0) is 38.0 Å². The summed E-state index contributed by atoms with van der Waals surface area (Å²) in [5, 5.41) is 9.79. The van der Waals surface area contributed by atoms with Gasteiger partial charge >= 0.3 is 0 Å². The smallest absolute Gasteiger partial charge is 0.224 e. The number of fused-ring (bicyclic) bond motifs is 1. The lowest BCUT2D eigenvalue weighted by atomic mass is 10.2. The van der Waals surface area contributed by atoms with Crippen LogP contribution in [0.5, 0.6) is 0 Å². The maximum Gasteiger partial charge on any atom is 0.224 e. The van der Waals surface area contributed by atoms with Crippen LogP contribution in [0.1, 0.15) is 35.7 Å². The Bertz CT molecular complexity index is 1190. The molecule has 5 rings (SSSR count). The molecule has 0 bridgehead atoms. The van der Waals surface area contributed by atoms with Crippen molar-refractivity contribution in [1.82, 2.24) is 29.5 Å². The zero-order valence-corrected chi connectivity index (χ0v) is 15.1. The molecule has 0 radical (unpaired) electrons. The predicted molar refractivity (Wildman–Crippen MR) is 99.0 cm³/mol. The number of rotatable bonds is 4. The van der Waals surface area contributed by atoms with Gasteiger partial charge in [-0.25, -0.2) is 18.1 Å². The van der Waals surface area contributed by atoms with Crippen LogP contribution < -0.4 is 5.73 Å². The molecule has 28 heavy (non-hydrogen) atoms. The maximum absolute atomic E-state index is 14.2. The van der Waals surface area contributed by atoms with Crippen LogP contribution in [-0.2, 0) is 6.54 Å². The molecule has 1 aliphatic rings. The molecule has 0 aliphatic heterocycles. The highest BCUT2D eigenvalue weighted by atomic mass is 19.1. The quantitative estimate of drug-likeness (QED) is 0.587. The minimum absolute atomic E-state index is 0.0492. The summed E-state index contributed by atoms with van der Waals surface area (Å²) in [7, 11) is 0. The van der Waals surface area contributed by atoms with Gasteiger partial charge in [0.1, 0.15) is 11.6 Å². The van der Waals surface area contributed by atoms with Gasteiger partial charge in [-0.1, -0.05) is 6.07 Å². The molecule has 1 aliphatic carbocycles. The van der Waals surface area contributed by atoms with Crippen LogP contribution in [0.2, 0.25) is 0 Å². The van der Waals surface area contributed by atoms with Crippen molar-refractivity contribution in [3.8, 4) is 5.82 Å². The van der Waals surface area contributed by atoms with Gasteiger partial charge in [0.15, 0.2) is 11.5 Å². The van der Waals surface area contributed by atoms with Gasteiger partial charge < -0.3 is 5.73 Å². The molecule has 1 saturated carbocycles. The summed E-state index contributed by atoms with van der Waals surface area (Å²) in [4.78, 5) is 8.71. The number of halogens is 2. The van der Waals surface area contributed by atoms with E-state index in [1.165, 1.54) is 22.9 Å². The second-order valence-electron chi connectivity index (χ2n) is 7.02. The largest absolute Gasteiger partial charge is 0.368 e. The molecular weight excluding hydrogens is 364 g/mol. The Labute approximate surface area is 158 Å². The monoisotopic (exact) mass is 381 g/mol. The predicted octanol–water partition coefficient (Wildman–Crippen LogP) is 3.11. The van der Waals surface area contributed by atoms with Crippen molar-refractivity contribution in [2.45, 2.75) is 32.2 Å². The Kier molecular flexibility index (Phi) is 3.65. The van der Waals surface area contributed by atoms with Crippen molar-refractivity contribution in [2.24, 2.45) is 0 Å². The number of hydrogen-bond acceptors (Lipinski definition) is 5. The number of aryl methyl sites for hydroxylation is 1. The van der Waals surface area contributed by atoms with Crippen molar-refractivity contribution in [3.05, 3.63) is 59.0 Å². The van der Waals surface area contributed by atoms with Gasteiger partial charge in [0.05, 0.1) is 23.3 Å². The van der Waals surface area contributed by atoms with E-state index in [1.807, 2.05) is 13.0 Å². The zero-order valence-electron chi connectivity index (χ0n) is 15.1. The topological polar surface area (TPSA) is 87.4 Å². The summed E-state index contributed by atoms with van der Waals surface area (Å²) >= 11 is 0. The van der Waals surface area contributed by atoms with Crippen molar-refractivity contribution in [3.63, 3.8) is 0 Å². The molecule has 0 unspecified atom stereocenters. The number of hydrogen-bond donors (Lipinski definition) is 1. The Morgan fingerprint density at radius 1 is 1.11 bits per heavy atom. The van der Waals surface area contributed by atoms with Crippen molar-refractivity contribution < 1.29 is 8.78 Å². The molecule has 3 heterocycles. The number of anilines is 1. The molecule has 3 aromatic heterocycles. The van der Waals surface area contributed by atoms with Crippen molar-refractivity contribution in [2.75, 3.05) is 5.73 Å². The Morgan fingerprint density at radius 2 is 1.86 bits per heavy atom. The first-order valence-electron chi connectivity index (χ1n) is 9.00. The van der Waals surface area contributed by atoms with E-state index in [0.29, 0.717) is 11.5 Å². The first-order chi connectivity index (χ1) is 13.5. The fraction of sp³-hybridized carbons (Fsp3) is 0.263. The van der Waals surface area contributed by atoms with Gasteiger partial charge in [-0.3, -0.25) is 0 Å². The van der Waals surface area contributed by atoms with Crippen LogP contribution in [0.25, 0.3) is 16.9 Å². The average molecular weight is 381 g/mol. The third kappa shape index (κ3) is 2.70. The summed E-state index contributed by atoms with van der Waals surface area (Å²) in [6.45, 7) is 1.79. The van der Waals surface area contributed by atoms with E-state index < -0.39 is 11.6 Å². The van der Waals surface area contributed by atoms with Crippen molar-refractivity contribution in [1.29, 1.82) is 0 Å². The standard InChI is InChI=1S/C19H17F2N7/c1-10-7-8-27(25-10)17-15-16(11-5-6-11)26-28(18(15)24-19(22)23-17)9-12-13(20)3-2-4-14(12)21/h2-4,7-8,11H,5-6,9H2,1H3,(H2,22,23,24). The second kappa shape index (κ2) is 6.08. The van der Waals surface area contributed by atoms with E-state index >= 15 is 0 Å². The summed E-state index contributed by atoms with van der Waals surface area (Å²) < 4.78 is 31.5. The van der Waals surface area contributed by atoms with Crippen LogP contribution in [0.4, 0.5) is 14.7 Å². The lowest BCUT2D eigenvalue weighted by Crippen LogP contribution is -2.09.